The van der Waals surface area contributed by atoms with E-state index in [1.165, 1.54) is 16.9 Å². The highest BCUT2D eigenvalue weighted by molar-refractivity contribution is 7.10. The van der Waals surface area contributed by atoms with Gasteiger partial charge in [-0.2, -0.15) is 0 Å². The van der Waals surface area contributed by atoms with Crippen LogP contribution in [0, 0.1) is 6.92 Å². The second-order valence-corrected chi connectivity index (χ2v) is 9.94. The fraction of sp³-hybridized carbons (Fsp3) is 0.259. The minimum Gasteiger partial charge on any atom is -0.344 e. The van der Waals surface area contributed by atoms with Crippen molar-refractivity contribution in [3.05, 3.63) is 98.9 Å². The first-order chi connectivity index (χ1) is 15.1. The summed E-state index contributed by atoms with van der Waals surface area (Å²) in [5, 5.41) is 7.74. The Morgan fingerprint density at radius 3 is 2.19 bits per heavy atom. The van der Waals surface area contributed by atoms with E-state index in [2.05, 4.69) is 43.5 Å². The van der Waals surface area contributed by atoms with Crippen molar-refractivity contribution in [3.8, 4) is 0 Å². The van der Waals surface area contributed by atoms with E-state index < -0.39 is 0 Å². The van der Waals surface area contributed by atoms with Crippen molar-refractivity contribution < 1.29 is 9.59 Å². The first-order valence-corrected chi connectivity index (χ1v) is 11.6. The number of carbonyl (C=O) groups excluding carboxylic acids is 2. The van der Waals surface area contributed by atoms with Gasteiger partial charge in [0.2, 0.25) is 0 Å². The molecular weight excluding hydrogens is 416 g/mol. The van der Waals surface area contributed by atoms with Crippen molar-refractivity contribution in [2.45, 2.75) is 46.1 Å². The van der Waals surface area contributed by atoms with Gasteiger partial charge in [-0.05, 0) is 60.0 Å². The normalized spacial score (nSPS) is 12.8. The Bertz CT molecular complexity index is 1090. The zero-order valence-corrected chi connectivity index (χ0v) is 20.0. The topological polar surface area (TPSA) is 58.2 Å². The second kappa shape index (κ2) is 9.96. The average Bonchev–Trinajstić information content (AvgIpc) is 3.26. The van der Waals surface area contributed by atoms with Crippen LogP contribution in [-0.2, 0) is 10.2 Å². The van der Waals surface area contributed by atoms with E-state index in [4.69, 9.17) is 0 Å². The van der Waals surface area contributed by atoms with Crippen molar-refractivity contribution in [2.75, 3.05) is 0 Å². The molecule has 2 amide bonds. The van der Waals surface area contributed by atoms with Crippen LogP contribution in [0.5, 0.6) is 0 Å². The Hall–Kier alpha value is -3.18. The van der Waals surface area contributed by atoms with Gasteiger partial charge >= 0.3 is 0 Å². The van der Waals surface area contributed by atoms with Crippen molar-refractivity contribution >= 4 is 29.2 Å². The van der Waals surface area contributed by atoms with Gasteiger partial charge in [-0.1, -0.05) is 68.8 Å². The number of amides is 2. The molecule has 0 aliphatic heterocycles. The summed E-state index contributed by atoms with van der Waals surface area (Å²) in [5.74, 6) is -0.642. The summed E-state index contributed by atoms with van der Waals surface area (Å²) in [6.45, 7) is 10.4. The van der Waals surface area contributed by atoms with Crippen molar-refractivity contribution in [3.63, 3.8) is 0 Å². The minimum atomic E-state index is -0.328. The highest BCUT2D eigenvalue weighted by Gasteiger charge is 2.19. The molecule has 1 aromatic heterocycles. The monoisotopic (exact) mass is 446 g/mol. The molecule has 2 aromatic carbocycles. The summed E-state index contributed by atoms with van der Waals surface area (Å²) in [6, 6.07) is 19.1. The van der Waals surface area contributed by atoms with Crippen LogP contribution in [-0.4, -0.2) is 11.8 Å². The van der Waals surface area contributed by atoms with Crippen LogP contribution in [0.4, 0.5) is 0 Å². The van der Waals surface area contributed by atoms with Crippen molar-refractivity contribution in [2.24, 2.45) is 0 Å². The van der Waals surface area contributed by atoms with Crippen LogP contribution in [0.15, 0.2) is 71.7 Å². The largest absolute Gasteiger partial charge is 0.344 e. The number of hydrogen-bond acceptors (Lipinski definition) is 3. The number of nitrogens with one attached hydrogen (secondary N) is 2. The Kier molecular flexibility index (Phi) is 7.31. The fourth-order valence-electron chi connectivity index (χ4n) is 3.20. The Labute approximate surface area is 194 Å². The number of carbonyl (C=O) groups is 2. The third-order valence-corrected chi connectivity index (χ3v) is 6.08. The van der Waals surface area contributed by atoms with Crippen molar-refractivity contribution in [1.82, 2.24) is 10.6 Å². The van der Waals surface area contributed by atoms with Gasteiger partial charge in [-0.3, -0.25) is 9.59 Å². The maximum atomic E-state index is 13.1. The number of thiophene rings is 1. The third-order valence-electron chi connectivity index (χ3n) is 5.26. The molecule has 0 spiro atoms. The summed E-state index contributed by atoms with van der Waals surface area (Å²) >= 11 is 1.50. The molecule has 1 atom stereocenters. The molecule has 5 heteroatoms. The molecule has 4 nitrogen and oxygen atoms in total. The molecular formula is C27H30N2O2S. The molecule has 0 aliphatic rings. The lowest BCUT2D eigenvalue weighted by Gasteiger charge is -2.21. The number of benzene rings is 2. The van der Waals surface area contributed by atoms with Gasteiger partial charge in [0.05, 0.1) is 6.04 Å². The van der Waals surface area contributed by atoms with E-state index in [0.717, 1.165) is 16.0 Å². The van der Waals surface area contributed by atoms with Crippen LogP contribution >= 0.6 is 11.3 Å². The molecule has 0 aliphatic carbocycles. The highest BCUT2D eigenvalue weighted by Crippen LogP contribution is 2.24. The maximum absolute atomic E-state index is 13.1. The standard InChI is InChI=1S/C27H30N2O2S/c1-18-8-10-21(11-9-18)25(30)29-24(17-23-7-6-16-32-23)26(31)28-19(2)20-12-14-22(15-13-20)27(3,4)5/h6-17,19H,1-5H3,(H,28,31)(H,29,30)/b24-17-. The Morgan fingerprint density at radius 1 is 0.969 bits per heavy atom. The van der Waals surface area contributed by atoms with E-state index in [0.29, 0.717) is 5.56 Å². The molecule has 0 radical (unpaired) electrons. The second-order valence-electron chi connectivity index (χ2n) is 8.96. The SMILES string of the molecule is Cc1ccc(C(=O)N/C(=C\c2cccs2)C(=O)NC(C)c2ccc(C(C)(C)C)cc2)cc1. The Balaban J connectivity index is 1.78. The summed E-state index contributed by atoms with van der Waals surface area (Å²) in [4.78, 5) is 26.8. The molecule has 0 saturated carbocycles. The van der Waals surface area contributed by atoms with E-state index >= 15 is 0 Å². The lowest BCUT2D eigenvalue weighted by atomic mass is 9.86. The zero-order chi connectivity index (χ0) is 23.3. The summed E-state index contributed by atoms with van der Waals surface area (Å²) in [5.41, 5.74) is 4.11. The molecule has 1 heterocycles. The van der Waals surface area contributed by atoms with Crippen LogP contribution < -0.4 is 10.6 Å². The predicted molar refractivity (Wildman–Crippen MR) is 133 cm³/mol. The summed E-state index contributed by atoms with van der Waals surface area (Å²) in [7, 11) is 0. The molecule has 0 saturated heterocycles. The molecule has 3 rings (SSSR count). The number of hydrogen-bond donors (Lipinski definition) is 2. The zero-order valence-electron chi connectivity index (χ0n) is 19.2. The van der Waals surface area contributed by atoms with Gasteiger partial charge in [0.15, 0.2) is 0 Å². The van der Waals surface area contributed by atoms with Crippen molar-refractivity contribution in [1.29, 1.82) is 0 Å². The van der Waals surface area contributed by atoms with Crippen LogP contribution in [0.3, 0.4) is 0 Å². The van der Waals surface area contributed by atoms with Crippen LogP contribution in [0.2, 0.25) is 0 Å². The predicted octanol–water partition coefficient (Wildman–Crippen LogP) is 6.00. The van der Waals surface area contributed by atoms with Gasteiger partial charge in [-0.25, -0.2) is 0 Å². The minimum absolute atomic E-state index is 0.0713. The molecule has 1 unspecified atom stereocenters. The molecule has 32 heavy (non-hydrogen) atoms. The Morgan fingerprint density at radius 2 is 1.62 bits per heavy atom. The van der Waals surface area contributed by atoms with E-state index in [1.54, 1.807) is 18.2 Å². The first kappa shape index (κ1) is 23.5. The quantitative estimate of drug-likeness (QED) is 0.456. The van der Waals surface area contributed by atoms with Crippen LogP contribution in [0.1, 0.15) is 65.7 Å². The van der Waals surface area contributed by atoms with E-state index in [9.17, 15) is 9.59 Å². The first-order valence-electron chi connectivity index (χ1n) is 10.7. The molecule has 0 bridgehead atoms. The molecule has 166 valence electrons. The number of aryl methyl sites for hydroxylation is 1. The molecule has 3 aromatic rings. The molecule has 2 N–H and O–H groups in total. The van der Waals surface area contributed by atoms with Gasteiger partial charge < -0.3 is 10.6 Å². The summed E-state index contributed by atoms with van der Waals surface area (Å²) < 4.78 is 0. The average molecular weight is 447 g/mol. The van der Waals surface area contributed by atoms with Gasteiger partial charge in [0.1, 0.15) is 5.70 Å². The lowest BCUT2D eigenvalue weighted by molar-refractivity contribution is -0.118. The summed E-state index contributed by atoms with van der Waals surface area (Å²) in [6.07, 6.45) is 1.71. The van der Waals surface area contributed by atoms with Gasteiger partial charge in [-0.15, -0.1) is 11.3 Å². The number of rotatable bonds is 6. The molecule has 0 fully saturated rings. The van der Waals surface area contributed by atoms with E-state index in [1.807, 2.05) is 55.6 Å². The van der Waals surface area contributed by atoms with Gasteiger partial charge in [0, 0.05) is 10.4 Å². The van der Waals surface area contributed by atoms with Gasteiger partial charge in [0.25, 0.3) is 11.8 Å². The van der Waals surface area contributed by atoms with Crippen LogP contribution in [0.25, 0.3) is 6.08 Å². The fourth-order valence-corrected chi connectivity index (χ4v) is 3.86. The lowest BCUT2D eigenvalue weighted by Crippen LogP contribution is -2.36. The smallest absolute Gasteiger partial charge is 0.268 e. The van der Waals surface area contributed by atoms with E-state index in [-0.39, 0.29) is 29.0 Å². The highest BCUT2D eigenvalue weighted by atomic mass is 32.1. The maximum Gasteiger partial charge on any atom is 0.268 e. The third kappa shape index (κ3) is 6.17.